The molecule has 66 valence electrons. The molecule has 2 N–H and O–H groups in total. The molecular formula is C9H13NO2. The fraction of sp³-hybridized carbons (Fsp3) is 0.667. The Hall–Kier alpha value is -1.01. The first-order valence-electron chi connectivity index (χ1n) is 4.23. The maximum atomic E-state index is 10.1. The standard InChI is InChI=1S/C9H13NO2/c1-2-7-3-4-8(10-7)5-6-9(11)12/h7-8,10H,2-4H2,1H3,(H,11,12). The number of carbonyl (C=O) groups is 1. The average Bonchev–Trinajstić information content (AvgIpc) is 2.48. The predicted molar refractivity (Wildman–Crippen MR) is 45.6 cm³/mol. The van der Waals surface area contributed by atoms with Gasteiger partial charge in [0.15, 0.2) is 0 Å². The molecule has 1 fully saturated rings. The quantitative estimate of drug-likeness (QED) is 0.562. The maximum Gasteiger partial charge on any atom is 0.381 e. The summed E-state index contributed by atoms with van der Waals surface area (Å²) >= 11 is 0. The molecule has 1 saturated heterocycles. The van der Waals surface area contributed by atoms with E-state index in [1.807, 2.05) is 0 Å². The molecule has 2 unspecified atom stereocenters. The van der Waals surface area contributed by atoms with E-state index in [1.165, 1.54) is 0 Å². The van der Waals surface area contributed by atoms with Gasteiger partial charge in [-0.15, -0.1) is 0 Å². The number of hydrogen-bond acceptors (Lipinski definition) is 2. The lowest BCUT2D eigenvalue weighted by molar-refractivity contribution is -0.130. The molecular weight excluding hydrogens is 154 g/mol. The molecule has 12 heavy (non-hydrogen) atoms. The summed E-state index contributed by atoms with van der Waals surface area (Å²) in [5, 5.41) is 11.6. The third-order valence-electron chi connectivity index (χ3n) is 2.09. The molecule has 0 spiro atoms. The largest absolute Gasteiger partial charge is 0.472 e. The fourth-order valence-electron chi connectivity index (χ4n) is 1.40. The molecule has 3 nitrogen and oxygen atoms in total. The van der Waals surface area contributed by atoms with Crippen molar-refractivity contribution >= 4 is 5.97 Å². The molecule has 1 rings (SSSR count). The molecule has 0 amide bonds. The summed E-state index contributed by atoms with van der Waals surface area (Å²) in [7, 11) is 0. The van der Waals surface area contributed by atoms with Crippen LogP contribution >= 0.6 is 0 Å². The second-order valence-electron chi connectivity index (χ2n) is 2.98. The molecule has 0 aromatic carbocycles. The van der Waals surface area contributed by atoms with Crippen molar-refractivity contribution in [2.45, 2.75) is 38.3 Å². The lowest BCUT2D eigenvalue weighted by Crippen LogP contribution is -2.27. The summed E-state index contributed by atoms with van der Waals surface area (Å²) in [6, 6.07) is 0.615. The minimum atomic E-state index is -1.04. The molecule has 0 saturated carbocycles. The van der Waals surface area contributed by atoms with Crippen LogP contribution in [-0.2, 0) is 4.79 Å². The van der Waals surface area contributed by atoms with E-state index in [2.05, 4.69) is 24.1 Å². The first-order valence-corrected chi connectivity index (χ1v) is 4.23. The molecule has 0 aromatic heterocycles. The van der Waals surface area contributed by atoms with E-state index >= 15 is 0 Å². The number of rotatable bonds is 1. The molecule has 0 radical (unpaired) electrons. The van der Waals surface area contributed by atoms with Crippen molar-refractivity contribution in [2.75, 3.05) is 0 Å². The summed E-state index contributed by atoms with van der Waals surface area (Å²) in [6.45, 7) is 2.12. The third kappa shape index (κ3) is 2.55. The van der Waals surface area contributed by atoms with Gasteiger partial charge in [-0.25, -0.2) is 4.79 Å². The average molecular weight is 167 g/mol. The smallest absolute Gasteiger partial charge is 0.381 e. The van der Waals surface area contributed by atoms with Crippen molar-refractivity contribution in [3.05, 3.63) is 0 Å². The highest BCUT2D eigenvalue weighted by atomic mass is 16.4. The van der Waals surface area contributed by atoms with E-state index < -0.39 is 5.97 Å². The minimum absolute atomic E-state index is 0.0889. The molecule has 0 aliphatic carbocycles. The molecule has 1 aliphatic heterocycles. The van der Waals surface area contributed by atoms with Crippen molar-refractivity contribution < 1.29 is 9.90 Å². The zero-order valence-electron chi connectivity index (χ0n) is 7.13. The topological polar surface area (TPSA) is 49.3 Å². The van der Waals surface area contributed by atoms with Gasteiger partial charge in [0.25, 0.3) is 0 Å². The molecule has 3 heteroatoms. The minimum Gasteiger partial charge on any atom is -0.472 e. The highest BCUT2D eigenvalue weighted by Crippen LogP contribution is 2.13. The molecule has 1 aliphatic rings. The summed E-state index contributed by atoms with van der Waals surface area (Å²) < 4.78 is 0. The van der Waals surface area contributed by atoms with Gasteiger partial charge in [0.05, 0.1) is 6.04 Å². The number of carboxylic acid groups (broad SMARTS) is 1. The van der Waals surface area contributed by atoms with Gasteiger partial charge >= 0.3 is 5.97 Å². The normalized spacial score (nSPS) is 27.8. The Morgan fingerprint density at radius 2 is 2.42 bits per heavy atom. The van der Waals surface area contributed by atoms with Crippen molar-refractivity contribution in [1.29, 1.82) is 0 Å². The predicted octanol–water partition coefficient (Wildman–Crippen LogP) is 0.605. The van der Waals surface area contributed by atoms with Crippen molar-refractivity contribution in [3.63, 3.8) is 0 Å². The summed E-state index contributed by atoms with van der Waals surface area (Å²) in [6.07, 6.45) is 3.17. The maximum absolute atomic E-state index is 10.1. The summed E-state index contributed by atoms with van der Waals surface area (Å²) in [5.74, 6) is 3.78. The Morgan fingerprint density at radius 1 is 1.67 bits per heavy atom. The molecule has 0 aromatic rings. The van der Waals surface area contributed by atoms with Crippen LogP contribution in [0.3, 0.4) is 0 Å². The lowest BCUT2D eigenvalue weighted by Gasteiger charge is -2.06. The fourth-order valence-corrected chi connectivity index (χ4v) is 1.40. The van der Waals surface area contributed by atoms with E-state index in [1.54, 1.807) is 0 Å². The van der Waals surface area contributed by atoms with E-state index in [0.29, 0.717) is 6.04 Å². The van der Waals surface area contributed by atoms with Gasteiger partial charge in [0.1, 0.15) is 0 Å². The first-order chi connectivity index (χ1) is 5.72. The molecule has 0 bridgehead atoms. The highest BCUT2D eigenvalue weighted by Gasteiger charge is 2.19. The van der Waals surface area contributed by atoms with E-state index in [9.17, 15) is 4.79 Å². The van der Waals surface area contributed by atoms with Gasteiger partial charge in [-0.05, 0) is 19.3 Å². The second kappa shape index (κ2) is 4.13. The monoisotopic (exact) mass is 167 g/mol. The van der Waals surface area contributed by atoms with Crippen LogP contribution in [0.4, 0.5) is 0 Å². The van der Waals surface area contributed by atoms with Crippen LogP contribution in [0.1, 0.15) is 26.2 Å². The number of nitrogens with one attached hydrogen (secondary N) is 1. The van der Waals surface area contributed by atoms with Crippen LogP contribution in [0, 0.1) is 11.8 Å². The van der Waals surface area contributed by atoms with Crippen LogP contribution in [0.15, 0.2) is 0 Å². The van der Waals surface area contributed by atoms with Crippen molar-refractivity contribution in [3.8, 4) is 11.8 Å². The number of aliphatic carboxylic acids is 1. The van der Waals surface area contributed by atoms with Crippen molar-refractivity contribution in [1.82, 2.24) is 5.32 Å². The Kier molecular flexibility index (Phi) is 3.12. The molecule has 2 atom stereocenters. The van der Waals surface area contributed by atoms with E-state index in [-0.39, 0.29) is 6.04 Å². The third-order valence-corrected chi connectivity index (χ3v) is 2.09. The Morgan fingerprint density at radius 3 is 2.92 bits per heavy atom. The van der Waals surface area contributed by atoms with Crippen LogP contribution in [0.5, 0.6) is 0 Å². The lowest BCUT2D eigenvalue weighted by atomic mass is 10.1. The summed E-state index contributed by atoms with van der Waals surface area (Å²) in [4.78, 5) is 10.1. The Bertz CT molecular complexity index is 226. The van der Waals surface area contributed by atoms with Crippen molar-refractivity contribution in [2.24, 2.45) is 0 Å². The zero-order chi connectivity index (χ0) is 8.97. The van der Waals surface area contributed by atoms with E-state index in [4.69, 9.17) is 5.11 Å². The SMILES string of the molecule is CCC1CCC(C#CC(=O)O)N1. The van der Waals surface area contributed by atoms with Crippen LogP contribution in [0.25, 0.3) is 0 Å². The van der Waals surface area contributed by atoms with Gasteiger partial charge in [0.2, 0.25) is 0 Å². The molecule has 1 heterocycles. The number of carboxylic acids is 1. The Balaban J connectivity index is 2.39. The van der Waals surface area contributed by atoms with Gasteiger partial charge in [0, 0.05) is 12.0 Å². The van der Waals surface area contributed by atoms with Crippen LogP contribution in [0.2, 0.25) is 0 Å². The van der Waals surface area contributed by atoms with Gasteiger partial charge in [-0.1, -0.05) is 12.8 Å². The highest BCUT2D eigenvalue weighted by molar-refractivity contribution is 5.86. The van der Waals surface area contributed by atoms with Gasteiger partial charge in [-0.2, -0.15) is 0 Å². The van der Waals surface area contributed by atoms with Crippen LogP contribution < -0.4 is 5.32 Å². The van der Waals surface area contributed by atoms with E-state index in [0.717, 1.165) is 19.3 Å². The first kappa shape index (κ1) is 9.08. The van der Waals surface area contributed by atoms with Gasteiger partial charge < -0.3 is 10.4 Å². The number of hydrogen-bond donors (Lipinski definition) is 2. The van der Waals surface area contributed by atoms with Crippen LogP contribution in [-0.4, -0.2) is 23.2 Å². The Labute approximate surface area is 72.2 Å². The second-order valence-corrected chi connectivity index (χ2v) is 2.98. The zero-order valence-corrected chi connectivity index (χ0v) is 7.13. The van der Waals surface area contributed by atoms with Gasteiger partial charge in [-0.3, -0.25) is 0 Å². The summed E-state index contributed by atoms with van der Waals surface area (Å²) in [5.41, 5.74) is 0.